The Morgan fingerprint density at radius 3 is 2.59 bits per heavy atom. The highest BCUT2D eigenvalue weighted by molar-refractivity contribution is 7.92. The van der Waals surface area contributed by atoms with Gasteiger partial charge in [-0.15, -0.1) is 0 Å². The summed E-state index contributed by atoms with van der Waals surface area (Å²) < 4.78 is 24.0. The van der Waals surface area contributed by atoms with E-state index in [0.29, 0.717) is 0 Å². The number of nitrogens with two attached hydrogens (primary N) is 1. The van der Waals surface area contributed by atoms with Crippen molar-refractivity contribution in [3.63, 3.8) is 0 Å². The number of benzene rings is 1. The molecule has 1 unspecified atom stereocenters. The Morgan fingerprint density at radius 2 is 2.12 bits per heavy atom. The molecule has 94 valence electrons. The predicted molar refractivity (Wildman–Crippen MR) is 63.7 cm³/mol. The fourth-order valence-corrected chi connectivity index (χ4v) is 3.23. The van der Waals surface area contributed by atoms with Crippen LogP contribution in [0.3, 0.4) is 0 Å². The van der Waals surface area contributed by atoms with E-state index in [1.165, 1.54) is 24.3 Å². The molecule has 0 bridgehead atoms. The smallest absolute Gasteiger partial charge is 0.322 e. The van der Waals surface area contributed by atoms with Crippen molar-refractivity contribution in [2.75, 3.05) is 6.54 Å². The lowest BCUT2D eigenvalue weighted by atomic mass is 10.3. The van der Waals surface area contributed by atoms with Crippen molar-refractivity contribution in [2.24, 2.45) is 5.73 Å². The first-order chi connectivity index (χ1) is 7.89. The van der Waals surface area contributed by atoms with Crippen LogP contribution >= 0.6 is 11.6 Å². The molecule has 0 radical (unpaired) electrons. The van der Waals surface area contributed by atoms with Crippen LogP contribution in [0.2, 0.25) is 5.02 Å². The minimum atomic E-state index is -3.95. The second-order valence-electron chi connectivity index (χ2n) is 3.41. The highest BCUT2D eigenvalue weighted by Crippen LogP contribution is 2.21. The summed E-state index contributed by atoms with van der Waals surface area (Å²) in [5.41, 5.74) is 5.22. The lowest BCUT2D eigenvalue weighted by Gasteiger charge is -2.12. The summed E-state index contributed by atoms with van der Waals surface area (Å²) in [5, 5.41) is 7.61. The summed E-state index contributed by atoms with van der Waals surface area (Å²) in [7, 11) is -3.95. The average Bonchev–Trinajstić information content (AvgIpc) is 2.25. The number of carbonyl (C=O) groups is 1. The summed E-state index contributed by atoms with van der Waals surface area (Å²) in [6, 6.07) is 5.51. The van der Waals surface area contributed by atoms with Gasteiger partial charge in [0.1, 0.15) is 0 Å². The molecule has 0 fully saturated rings. The quantitative estimate of drug-likeness (QED) is 0.834. The van der Waals surface area contributed by atoms with Crippen LogP contribution in [-0.2, 0) is 14.6 Å². The number of aliphatic carboxylic acids is 1. The van der Waals surface area contributed by atoms with E-state index in [1.54, 1.807) is 0 Å². The van der Waals surface area contributed by atoms with Crippen LogP contribution in [-0.4, -0.2) is 31.3 Å². The van der Waals surface area contributed by atoms with E-state index < -0.39 is 21.1 Å². The Morgan fingerprint density at radius 1 is 1.47 bits per heavy atom. The third-order valence-corrected chi connectivity index (χ3v) is 4.54. The van der Waals surface area contributed by atoms with Gasteiger partial charge >= 0.3 is 5.97 Å². The Bertz CT molecular complexity index is 515. The average molecular weight is 278 g/mol. The number of rotatable bonds is 5. The minimum absolute atomic E-state index is 0.0171. The molecule has 0 heterocycles. The molecule has 7 heteroatoms. The monoisotopic (exact) mass is 277 g/mol. The van der Waals surface area contributed by atoms with Gasteiger partial charge in [0.05, 0.1) is 4.90 Å². The van der Waals surface area contributed by atoms with Crippen molar-refractivity contribution in [2.45, 2.75) is 16.6 Å². The maximum Gasteiger partial charge on any atom is 0.322 e. The highest BCUT2D eigenvalue weighted by atomic mass is 35.5. The molecule has 0 aliphatic rings. The molecule has 0 aliphatic heterocycles. The molecule has 17 heavy (non-hydrogen) atoms. The van der Waals surface area contributed by atoms with E-state index in [4.69, 9.17) is 22.4 Å². The number of hydrogen-bond donors (Lipinski definition) is 2. The maximum absolute atomic E-state index is 12.0. The van der Waals surface area contributed by atoms with Gasteiger partial charge in [-0.3, -0.25) is 4.79 Å². The summed E-state index contributed by atoms with van der Waals surface area (Å²) >= 11 is 5.68. The number of carboxylic acid groups (broad SMARTS) is 1. The van der Waals surface area contributed by atoms with Gasteiger partial charge in [-0.05, 0) is 31.2 Å². The molecular formula is C10H12ClNO4S. The van der Waals surface area contributed by atoms with Gasteiger partial charge in [-0.1, -0.05) is 17.7 Å². The van der Waals surface area contributed by atoms with E-state index in [0.717, 1.165) is 0 Å². The minimum Gasteiger partial charge on any atom is -0.480 e. The third kappa shape index (κ3) is 3.18. The van der Waals surface area contributed by atoms with Crippen LogP contribution in [0.4, 0.5) is 0 Å². The van der Waals surface area contributed by atoms with Gasteiger partial charge in [0.2, 0.25) is 0 Å². The summed E-state index contributed by atoms with van der Waals surface area (Å²) in [4.78, 5) is 10.8. The van der Waals surface area contributed by atoms with Crippen molar-refractivity contribution in [3.05, 3.63) is 29.3 Å². The van der Waals surface area contributed by atoms with Crippen LogP contribution in [0.5, 0.6) is 0 Å². The second kappa shape index (κ2) is 5.48. The van der Waals surface area contributed by atoms with E-state index in [1.807, 2.05) is 0 Å². The maximum atomic E-state index is 12.0. The fourth-order valence-electron chi connectivity index (χ4n) is 1.37. The van der Waals surface area contributed by atoms with Gasteiger partial charge in [0.25, 0.3) is 0 Å². The van der Waals surface area contributed by atoms with Crippen molar-refractivity contribution in [1.29, 1.82) is 0 Å². The van der Waals surface area contributed by atoms with Gasteiger partial charge < -0.3 is 10.8 Å². The van der Waals surface area contributed by atoms with Gasteiger partial charge in [0, 0.05) is 5.02 Å². The van der Waals surface area contributed by atoms with Gasteiger partial charge in [0.15, 0.2) is 15.1 Å². The Balaban J connectivity index is 3.21. The molecule has 0 aliphatic carbocycles. The van der Waals surface area contributed by atoms with Crippen molar-refractivity contribution >= 4 is 27.4 Å². The van der Waals surface area contributed by atoms with E-state index in [2.05, 4.69) is 0 Å². The zero-order valence-electron chi connectivity index (χ0n) is 8.84. The fraction of sp³-hybridized carbons (Fsp3) is 0.300. The summed E-state index contributed by atoms with van der Waals surface area (Å²) in [6.45, 7) is -0.0171. The summed E-state index contributed by atoms with van der Waals surface area (Å²) in [5.74, 6) is -1.41. The molecule has 5 nitrogen and oxygen atoms in total. The van der Waals surface area contributed by atoms with Gasteiger partial charge in [-0.25, -0.2) is 8.42 Å². The molecule has 1 aromatic rings. The van der Waals surface area contributed by atoms with Crippen LogP contribution in [0.25, 0.3) is 0 Å². The third-order valence-electron chi connectivity index (χ3n) is 2.20. The standard InChI is InChI=1S/C10H12ClNO4S/c11-7-2-1-3-8(6-7)17(15,16)9(4-5-12)10(13)14/h1-3,6,9H,4-5,12H2,(H,13,14). The van der Waals surface area contributed by atoms with Crippen molar-refractivity contribution in [3.8, 4) is 0 Å². The molecule has 0 amide bonds. The van der Waals surface area contributed by atoms with Crippen LogP contribution in [0.15, 0.2) is 29.2 Å². The van der Waals surface area contributed by atoms with Gasteiger partial charge in [-0.2, -0.15) is 0 Å². The lowest BCUT2D eigenvalue weighted by molar-refractivity contribution is -0.136. The number of hydrogen-bond acceptors (Lipinski definition) is 4. The van der Waals surface area contributed by atoms with E-state index in [9.17, 15) is 13.2 Å². The Labute approximate surface area is 104 Å². The molecule has 0 saturated heterocycles. The van der Waals surface area contributed by atoms with Crippen molar-refractivity contribution in [1.82, 2.24) is 0 Å². The molecule has 0 aromatic heterocycles. The molecule has 3 N–H and O–H groups in total. The number of halogens is 1. The number of carboxylic acids is 1. The lowest BCUT2D eigenvalue weighted by Crippen LogP contribution is -2.32. The molecular weight excluding hydrogens is 266 g/mol. The SMILES string of the molecule is NCCC(C(=O)O)S(=O)(=O)c1cccc(Cl)c1. The van der Waals surface area contributed by atoms with Crippen molar-refractivity contribution < 1.29 is 18.3 Å². The molecule has 0 spiro atoms. The van der Waals surface area contributed by atoms with E-state index in [-0.39, 0.29) is 22.9 Å². The first-order valence-corrected chi connectivity index (χ1v) is 6.74. The first-order valence-electron chi connectivity index (χ1n) is 4.82. The molecule has 0 saturated carbocycles. The molecule has 1 rings (SSSR count). The second-order valence-corrected chi connectivity index (χ2v) is 5.97. The predicted octanol–water partition coefficient (Wildman–Crippen LogP) is 0.916. The summed E-state index contributed by atoms with van der Waals surface area (Å²) in [6.07, 6.45) is -0.135. The largest absolute Gasteiger partial charge is 0.480 e. The van der Waals surface area contributed by atoms with Crippen LogP contribution in [0.1, 0.15) is 6.42 Å². The zero-order valence-corrected chi connectivity index (χ0v) is 10.4. The van der Waals surface area contributed by atoms with Crippen LogP contribution in [0, 0.1) is 0 Å². The first kappa shape index (κ1) is 14.0. The number of sulfone groups is 1. The normalized spacial score (nSPS) is 13.3. The Kier molecular flexibility index (Phi) is 4.50. The Hall–Kier alpha value is -1.11. The molecule has 1 atom stereocenters. The zero-order chi connectivity index (χ0) is 13.1. The topological polar surface area (TPSA) is 97.5 Å². The van der Waals surface area contributed by atoms with Crippen LogP contribution < -0.4 is 5.73 Å². The highest BCUT2D eigenvalue weighted by Gasteiger charge is 2.33. The molecule has 1 aromatic carbocycles. The van der Waals surface area contributed by atoms with E-state index >= 15 is 0 Å².